The molecule has 118 valence electrons. The molecular weight excluding hydrogens is 315 g/mol. The first-order chi connectivity index (χ1) is 10.4. The van der Waals surface area contributed by atoms with E-state index in [9.17, 15) is 18.0 Å². The van der Waals surface area contributed by atoms with Gasteiger partial charge in [-0.15, -0.1) is 0 Å². The molecule has 1 amide bonds. The SMILES string of the molecule is CNC(=O)C1CCN(c2nc3c(C(F)(F)F)cccc3s2)C1. The van der Waals surface area contributed by atoms with Crippen molar-refractivity contribution in [2.24, 2.45) is 5.92 Å². The van der Waals surface area contributed by atoms with Crippen molar-refractivity contribution in [3.8, 4) is 0 Å². The zero-order valence-corrected chi connectivity index (χ0v) is 12.6. The van der Waals surface area contributed by atoms with E-state index in [-0.39, 0.29) is 17.3 Å². The second-order valence-corrected chi connectivity index (χ2v) is 6.20. The molecule has 1 aliphatic heterocycles. The molecule has 0 aliphatic carbocycles. The van der Waals surface area contributed by atoms with Gasteiger partial charge in [0.25, 0.3) is 0 Å². The molecule has 4 nitrogen and oxygen atoms in total. The zero-order valence-electron chi connectivity index (χ0n) is 11.8. The van der Waals surface area contributed by atoms with Gasteiger partial charge in [-0.2, -0.15) is 13.2 Å². The minimum atomic E-state index is -4.42. The van der Waals surface area contributed by atoms with Crippen LogP contribution in [0.2, 0.25) is 0 Å². The third-order valence-electron chi connectivity index (χ3n) is 3.79. The lowest BCUT2D eigenvalue weighted by atomic mass is 10.1. The van der Waals surface area contributed by atoms with E-state index >= 15 is 0 Å². The molecule has 8 heteroatoms. The van der Waals surface area contributed by atoms with E-state index in [2.05, 4.69) is 10.3 Å². The number of anilines is 1. The number of nitrogens with one attached hydrogen (secondary N) is 1. The summed E-state index contributed by atoms with van der Waals surface area (Å²) in [5, 5.41) is 3.14. The molecule has 2 heterocycles. The summed E-state index contributed by atoms with van der Waals surface area (Å²) in [4.78, 5) is 17.7. The molecule has 1 aliphatic rings. The average Bonchev–Trinajstić information content (AvgIpc) is 3.10. The Morgan fingerprint density at radius 2 is 2.23 bits per heavy atom. The van der Waals surface area contributed by atoms with Crippen molar-refractivity contribution in [1.82, 2.24) is 10.3 Å². The van der Waals surface area contributed by atoms with Crippen LogP contribution in [0.25, 0.3) is 10.2 Å². The Morgan fingerprint density at radius 1 is 1.45 bits per heavy atom. The number of para-hydroxylation sites is 1. The van der Waals surface area contributed by atoms with Gasteiger partial charge in [0.2, 0.25) is 5.91 Å². The van der Waals surface area contributed by atoms with Gasteiger partial charge in [-0.3, -0.25) is 4.79 Å². The summed E-state index contributed by atoms with van der Waals surface area (Å²) in [6, 6.07) is 4.08. The van der Waals surface area contributed by atoms with Gasteiger partial charge in [0.1, 0.15) is 0 Å². The Bertz CT molecular complexity index is 713. The normalized spacial score (nSPS) is 18.9. The fraction of sp³-hybridized carbons (Fsp3) is 0.429. The van der Waals surface area contributed by atoms with Crippen molar-refractivity contribution < 1.29 is 18.0 Å². The molecule has 1 N–H and O–H groups in total. The predicted octanol–water partition coefficient (Wildman–Crippen LogP) is 2.89. The van der Waals surface area contributed by atoms with Crippen molar-refractivity contribution in [2.45, 2.75) is 12.6 Å². The first-order valence-corrected chi connectivity index (χ1v) is 7.65. The van der Waals surface area contributed by atoms with Crippen LogP contribution in [0.5, 0.6) is 0 Å². The molecule has 1 saturated heterocycles. The maximum Gasteiger partial charge on any atom is 0.418 e. The number of nitrogens with zero attached hydrogens (tertiary/aromatic N) is 2. The number of carbonyl (C=O) groups excluding carboxylic acids is 1. The van der Waals surface area contributed by atoms with Crippen LogP contribution in [-0.4, -0.2) is 31.0 Å². The van der Waals surface area contributed by atoms with Gasteiger partial charge < -0.3 is 10.2 Å². The Labute approximate surface area is 128 Å². The van der Waals surface area contributed by atoms with Crippen LogP contribution in [0, 0.1) is 5.92 Å². The fourth-order valence-electron chi connectivity index (χ4n) is 2.65. The smallest absolute Gasteiger partial charge is 0.359 e. The highest BCUT2D eigenvalue weighted by atomic mass is 32.1. The van der Waals surface area contributed by atoms with Gasteiger partial charge in [0.15, 0.2) is 5.13 Å². The number of halogens is 3. The number of hydrogen-bond acceptors (Lipinski definition) is 4. The number of hydrogen-bond donors (Lipinski definition) is 1. The summed E-state index contributed by atoms with van der Waals surface area (Å²) < 4.78 is 39.6. The second-order valence-electron chi connectivity index (χ2n) is 5.19. The monoisotopic (exact) mass is 329 g/mol. The highest BCUT2D eigenvalue weighted by Crippen LogP contribution is 2.39. The number of aromatic nitrogens is 1. The van der Waals surface area contributed by atoms with Crippen LogP contribution in [-0.2, 0) is 11.0 Å². The van der Waals surface area contributed by atoms with Crippen LogP contribution in [0.1, 0.15) is 12.0 Å². The van der Waals surface area contributed by atoms with Crippen LogP contribution < -0.4 is 10.2 Å². The van der Waals surface area contributed by atoms with Gasteiger partial charge in [-0.25, -0.2) is 4.98 Å². The number of carbonyl (C=O) groups is 1. The summed E-state index contributed by atoms with van der Waals surface area (Å²) in [5.74, 6) is -0.182. The average molecular weight is 329 g/mol. The van der Waals surface area contributed by atoms with Crippen molar-refractivity contribution >= 4 is 32.6 Å². The number of rotatable bonds is 2. The maximum atomic E-state index is 13.0. The van der Waals surface area contributed by atoms with Crippen molar-refractivity contribution in [3.63, 3.8) is 0 Å². The van der Waals surface area contributed by atoms with E-state index in [1.165, 1.54) is 17.4 Å². The molecule has 1 aromatic heterocycles. The first-order valence-electron chi connectivity index (χ1n) is 6.83. The Morgan fingerprint density at radius 3 is 2.91 bits per heavy atom. The van der Waals surface area contributed by atoms with E-state index in [4.69, 9.17) is 0 Å². The van der Waals surface area contributed by atoms with E-state index < -0.39 is 11.7 Å². The molecule has 1 aromatic carbocycles. The Kier molecular flexibility index (Phi) is 3.72. The quantitative estimate of drug-likeness (QED) is 0.921. The van der Waals surface area contributed by atoms with Crippen molar-refractivity contribution in [3.05, 3.63) is 23.8 Å². The molecule has 0 bridgehead atoms. The van der Waals surface area contributed by atoms with Crippen LogP contribution in [0.15, 0.2) is 18.2 Å². The highest BCUT2D eigenvalue weighted by molar-refractivity contribution is 7.22. The molecule has 0 spiro atoms. The first kappa shape index (κ1) is 15.1. The van der Waals surface area contributed by atoms with Crippen LogP contribution >= 0.6 is 11.3 Å². The molecule has 22 heavy (non-hydrogen) atoms. The van der Waals surface area contributed by atoms with Gasteiger partial charge >= 0.3 is 6.18 Å². The molecule has 1 atom stereocenters. The lowest BCUT2D eigenvalue weighted by molar-refractivity contribution is -0.136. The summed E-state index contributed by atoms with van der Waals surface area (Å²) >= 11 is 1.23. The number of alkyl halides is 3. The molecule has 2 aromatic rings. The fourth-order valence-corrected chi connectivity index (χ4v) is 3.68. The van der Waals surface area contributed by atoms with Crippen LogP contribution in [0.3, 0.4) is 0 Å². The largest absolute Gasteiger partial charge is 0.418 e. The lowest BCUT2D eigenvalue weighted by Crippen LogP contribution is -2.30. The number of fused-ring (bicyclic) bond motifs is 1. The van der Waals surface area contributed by atoms with Crippen molar-refractivity contribution in [1.29, 1.82) is 0 Å². The number of benzene rings is 1. The zero-order chi connectivity index (χ0) is 15.9. The number of amides is 1. The van der Waals surface area contributed by atoms with Crippen LogP contribution in [0.4, 0.5) is 18.3 Å². The molecule has 3 rings (SSSR count). The van der Waals surface area contributed by atoms with Gasteiger partial charge in [-0.1, -0.05) is 17.4 Å². The highest BCUT2D eigenvalue weighted by Gasteiger charge is 2.35. The van der Waals surface area contributed by atoms with Gasteiger partial charge in [-0.05, 0) is 18.6 Å². The number of thiazole rings is 1. The topological polar surface area (TPSA) is 45.2 Å². The standard InChI is InChI=1S/C14H14F3N3OS/c1-18-12(21)8-5-6-20(7-8)13-19-11-9(14(15,16)17)3-2-4-10(11)22-13/h2-4,8H,5-7H2,1H3,(H,18,21). The van der Waals surface area contributed by atoms with E-state index in [1.54, 1.807) is 13.1 Å². The minimum Gasteiger partial charge on any atom is -0.359 e. The third-order valence-corrected chi connectivity index (χ3v) is 4.87. The molecule has 0 radical (unpaired) electrons. The van der Waals surface area contributed by atoms with Crippen molar-refractivity contribution in [2.75, 3.05) is 25.0 Å². The van der Waals surface area contributed by atoms with E-state index in [1.807, 2.05) is 4.90 Å². The molecule has 0 saturated carbocycles. The minimum absolute atomic E-state index is 0.0154. The van der Waals surface area contributed by atoms with E-state index in [0.29, 0.717) is 29.3 Å². The predicted molar refractivity (Wildman–Crippen MR) is 79.0 cm³/mol. The van der Waals surface area contributed by atoms with Gasteiger partial charge in [0.05, 0.1) is 21.7 Å². The summed E-state index contributed by atoms with van der Waals surface area (Å²) in [6.07, 6.45) is -3.73. The lowest BCUT2D eigenvalue weighted by Gasteiger charge is -2.14. The Balaban J connectivity index is 1.92. The Hall–Kier alpha value is -1.83. The molecular formula is C14H14F3N3OS. The second kappa shape index (κ2) is 5.42. The van der Waals surface area contributed by atoms with E-state index in [0.717, 1.165) is 6.07 Å². The van der Waals surface area contributed by atoms with Gasteiger partial charge in [0, 0.05) is 20.1 Å². The summed E-state index contributed by atoms with van der Waals surface area (Å²) in [7, 11) is 1.58. The summed E-state index contributed by atoms with van der Waals surface area (Å²) in [6.45, 7) is 1.11. The molecule has 1 unspecified atom stereocenters. The maximum absolute atomic E-state index is 13.0. The summed E-state index contributed by atoms with van der Waals surface area (Å²) in [5.41, 5.74) is -0.729. The third kappa shape index (κ3) is 2.63. The molecule has 1 fully saturated rings.